The van der Waals surface area contributed by atoms with Gasteiger partial charge in [0.25, 0.3) is 0 Å². The summed E-state index contributed by atoms with van der Waals surface area (Å²) in [5.41, 5.74) is 5.64. The average Bonchev–Trinajstić information content (AvgIpc) is 3.14. The quantitative estimate of drug-likeness (QED) is 0.105. The van der Waals surface area contributed by atoms with Gasteiger partial charge in [-0.05, 0) is 128 Å². The minimum Gasteiger partial charge on any atom is -0.489 e. The Labute approximate surface area is 337 Å². The van der Waals surface area contributed by atoms with Crippen LogP contribution in [0.15, 0.2) is 103 Å². The van der Waals surface area contributed by atoms with Crippen LogP contribution in [0.2, 0.25) is 18.1 Å². The van der Waals surface area contributed by atoms with Crippen LogP contribution in [0.5, 0.6) is 11.5 Å². The molecular weight excluding hydrogens is 709 g/mol. The van der Waals surface area contributed by atoms with E-state index < -0.39 is 8.32 Å². The predicted molar refractivity (Wildman–Crippen MR) is 229 cm³/mol. The van der Waals surface area contributed by atoms with Crippen LogP contribution >= 0.6 is 0 Å². The molecule has 0 saturated heterocycles. The van der Waals surface area contributed by atoms with Crippen LogP contribution in [-0.2, 0) is 35.3 Å². The van der Waals surface area contributed by atoms with Gasteiger partial charge in [0.15, 0.2) is 8.32 Å². The molecule has 4 aliphatic rings. The fourth-order valence-electron chi connectivity index (χ4n) is 9.58. The summed E-state index contributed by atoms with van der Waals surface area (Å²) in [4.78, 5) is 13.4. The van der Waals surface area contributed by atoms with Crippen LogP contribution in [0.3, 0.4) is 0 Å². The third-order valence-electron chi connectivity index (χ3n) is 13.0. The SMILES string of the molecule is CC(Cc1cccc(CC(=O)NC23CC4CC(CC(C4)C2)C3)c1)NCC(O[Si](C)(C)C(C)(C)C)c1cc(OCc2ccccc2)cc(OCc2ccccc2)c1. The normalized spacial score (nSPS) is 22.7. The molecule has 0 heterocycles. The van der Waals surface area contributed by atoms with Gasteiger partial charge in [-0.15, -0.1) is 0 Å². The predicted octanol–water partition coefficient (Wildman–Crippen LogP) is 10.8. The summed E-state index contributed by atoms with van der Waals surface area (Å²) in [6.45, 7) is 15.3. The molecule has 6 nitrogen and oxygen atoms in total. The first-order chi connectivity index (χ1) is 26.8. The molecule has 4 aromatic rings. The van der Waals surface area contributed by atoms with Gasteiger partial charge in [0.2, 0.25) is 5.91 Å². The van der Waals surface area contributed by atoms with Crippen LogP contribution in [0.25, 0.3) is 0 Å². The Morgan fingerprint density at radius 1 is 0.732 bits per heavy atom. The van der Waals surface area contributed by atoms with Gasteiger partial charge in [-0.2, -0.15) is 0 Å². The van der Waals surface area contributed by atoms with Crippen molar-refractivity contribution >= 4 is 14.2 Å². The van der Waals surface area contributed by atoms with Crippen molar-refractivity contribution in [2.24, 2.45) is 17.8 Å². The Hall–Kier alpha value is -3.91. The van der Waals surface area contributed by atoms with Crippen molar-refractivity contribution in [1.82, 2.24) is 10.6 Å². The number of carbonyl (C=O) groups excluding carboxylic acids is 1. The monoisotopic (exact) mass is 772 g/mol. The summed E-state index contributed by atoms with van der Waals surface area (Å²) in [5, 5.41) is 7.45. The van der Waals surface area contributed by atoms with Crippen LogP contribution in [0.1, 0.15) is 100 Å². The van der Waals surface area contributed by atoms with Gasteiger partial charge in [0, 0.05) is 24.2 Å². The molecule has 0 aromatic heterocycles. The van der Waals surface area contributed by atoms with E-state index in [0.29, 0.717) is 26.2 Å². The number of hydrogen-bond donors (Lipinski definition) is 2. The largest absolute Gasteiger partial charge is 0.489 e. The third kappa shape index (κ3) is 10.5. The van der Waals surface area contributed by atoms with Crippen molar-refractivity contribution in [2.75, 3.05) is 6.54 Å². The first-order valence-electron chi connectivity index (χ1n) is 21.1. The maximum absolute atomic E-state index is 13.4. The minimum atomic E-state index is -2.18. The van der Waals surface area contributed by atoms with E-state index in [0.717, 1.165) is 57.9 Å². The van der Waals surface area contributed by atoms with E-state index in [1.165, 1.54) is 44.1 Å². The van der Waals surface area contributed by atoms with Crippen molar-refractivity contribution in [3.8, 4) is 11.5 Å². The molecule has 0 aliphatic heterocycles. The molecule has 0 spiro atoms. The fourth-order valence-corrected chi connectivity index (χ4v) is 10.9. The summed E-state index contributed by atoms with van der Waals surface area (Å²) < 4.78 is 20.0. The number of benzene rings is 4. The van der Waals surface area contributed by atoms with E-state index in [1.54, 1.807) is 0 Å². The van der Waals surface area contributed by atoms with Crippen LogP contribution in [-0.4, -0.2) is 32.4 Å². The molecule has 4 aromatic carbocycles. The van der Waals surface area contributed by atoms with E-state index >= 15 is 0 Å². The molecule has 2 atom stereocenters. The molecule has 2 unspecified atom stereocenters. The van der Waals surface area contributed by atoms with Gasteiger partial charge >= 0.3 is 0 Å². The van der Waals surface area contributed by atoms with Gasteiger partial charge in [-0.1, -0.05) is 106 Å². The topological polar surface area (TPSA) is 68.8 Å². The molecule has 7 heteroatoms. The average molecular weight is 773 g/mol. The second-order valence-electron chi connectivity index (χ2n) is 18.9. The molecule has 4 bridgehead atoms. The lowest BCUT2D eigenvalue weighted by atomic mass is 9.53. The van der Waals surface area contributed by atoms with Gasteiger partial charge in [0.05, 0.1) is 12.5 Å². The van der Waals surface area contributed by atoms with E-state index in [9.17, 15) is 4.79 Å². The highest BCUT2D eigenvalue weighted by molar-refractivity contribution is 6.74. The maximum atomic E-state index is 13.4. The molecule has 4 fully saturated rings. The molecule has 4 saturated carbocycles. The van der Waals surface area contributed by atoms with E-state index in [-0.39, 0.29) is 28.6 Å². The number of ether oxygens (including phenoxy) is 2. The van der Waals surface area contributed by atoms with E-state index in [1.807, 2.05) is 42.5 Å². The lowest BCUT2D eigenvalue weighted by Gasteiger charge is -2.56. The Balaban J connectivity index is 1.04. The second kappa shape index (κ2) is 17.3. The third-order valence-corrected chi connectivity index (χ3v) is 17.5. The number of nitrogens with one attached hydrogen (secondary N) is 2. The fraction of sp³-hybridized carbons (Fsp3) is 0.490. The molecular formula is C49H64N2O4Si. The zero-order valence-electron chi connectivity index (χ0n) is 34.6. The summed E-state index contributed by atoms with van der Waals surface area (Å²) in [6, 6.07) is 35.6. The molecule has 4 aliphatic carbocycles. The van der Waals surface area contributed by atoms with Gasteiger partial charge < -0.3 is 24.5 Å². The lowest BCUT2D eigenvalue weighted by Crippen LogP contribution is -2.60. The van der Waals surface area contributed by atoms with Gasteiger partial charge in [-0.25, -0.2) is 0 Å². The standard InChI is InChI=1S/C49H64N2O4Si/c1-35(20-38-18-13-19-39(21-38)25-47(52)51-49-29-40-22-41(30-49)24-42(23-40)31-49)50-32-46(55-56(5,6)48(2,3)4)43-26-44(53-33-36-14-9-7-10-15-36)28-45(27-43)54-34-37-16-11-8-12-17-37/h7-19,21,26-28,35,40-42,46,50H,20,22-25,29-34H2,1-6H3,(H,51,52). The first-order valence-corrected chi connectivity index (χ1v) is 24.0. The second-order valence-corrected chi connectivity index (χ2v) is 23.7. The number of amides is 1. The number of carbonyl (C=O) groups is 1. The summed E-state index contributed by atoms with van der Waals surface area (Å²) in [7, 11) is -2.18. The Bertz CT molecular complexity index is 1810. The molecule has 0 radical (unpaired) electrons. The molecule has 1 amide bonds. The van der Waals surface area contributed by atoms with E-state index in [4.69, 9.17) is 13.9 Å². The Morgan fingerprint density at radius 2 is 1.25 bits per heavy atom. The first kappa shape index (κ1) is 40.3. The molecule has 2 N–H and O–H groups in total. The van der Waals surface area contributed by atoms with Crippen molar-refractivity contribution in [3.63, 3.8) is 0 Å². The Kier molecular flexibility index (Phi) is 12.4. The highest BCUT2D eigenvalue weighted by atomic mass is 28.4. The number of rotatable bonds is 17. The summed E-state index contributed by atoms with van der Waals surface area (Å²) in [5.74, 6) is 4.15. The highest BCUT2D eigenvalue weighted by Gasteiger charge is 2.51. The highest BCUT2D eigenvalue weighted by Crippen LogP contribution is 2.55. The van der Waals surface area contributed by atoms with Crippen molar-refractivity contribution in [3.05, 3.63) is 131 Å². The zero-order valence-corrected chi connectivity index (χ0v) is 35.6. The van der Waals surface area contributed by atoms with Crippen molar-refractivity contribution in [1.29, 1.82) is 0 Å². The van der Waals surface area contributed by atoms with Gasteiger partial charge in [0.1, 0.15) is 24.7 Å². The van der Waals surface area contributed by atoms with Crippen molar-refractivity contribution < 1.29 is 18.7 Å². The van der Waals surface area contributed by atoms with Crippen LogP contribution in [0.4, 0.5) is 0 Å². The van der Waals surface area contributed by atoms with Crippen LogP contribution in [0, 0.1) is 17.8 Å². The van der Waals surface area contributed by atoms with Gasteiger partial charge in [-0.3, -0.25) is 4.79 Å². The zero-order chi connectivity index (χ0) is 39.3. The maximum Gasteiger partial charge on any atom is 0.224 e. The van der Waals surface area contributed by atoms with E-state index in [2.05, 4.69) is 112 Å². The van der Waals surface area contributed by atoms with Crippen LogP contribution < -0.4 is 20.1 Å². The summed E-state index contributed by atoms with van der Waals surface area (Å²) in [6.07, 6.45) is 8.77. The number of hydrogen-bond acceptors (Lipinski definition) is 5. The smallest absolute Gasteiger partial charge is 0.224 e. The lowest BCUT2D eigenvalue weighted by molar-refractivity contribution is -0.126. The Morgan fingerprint density at radius 3 is 1.79 bits per heavy atom. The minimum absolute atomic E-state index is 0.0351. The van der Waals surface area contributed by atoms with Crippen molar-refractivity contribution in [2.45, 2.75) is 128 Å². The molecule has 8 rings (SSSR count). The summed E-state index contributed by atoms with van der Waals surface area (Å²) >= 11 is 0. The molecule has 298 valence electrons. The molecule has 56 heavy (non-hydrogen) atoms.